The molecular weight excluding hydrogens is 293 g/mol. The van der Waals surface area contributed by atoms with Crippen LogP contribution in [0.25, 0.3) is 0 Å². The van der Waals surface area contributed by atoms with E-state index >= 15 is 0 Å². The van der Waals surface area contributed by atoms with E-state index in [4.69, 9.17) is 4.74 Å². The van der Waals surface area contributed by atoms with Crippen molar-refractivity contribution in [3.05, 3.63) is 33.9 Å². The van der Waals surface area contributed by atoms with E-state index in [-0.39, 0.29) is 5.69 Å². The van der Waals surface area contributed by atoms with Gasteiger partial charge in [0.15, 0.2) is 5.69 Å². The van der Waals surface area contributed by atoms with Crippen molar-refractivity contribution in [2.45, 2.75) is 6.18 Å². The third kappa shape index (κ3) is 3.88. The lowest BCUT2D eigenvalue weighted by atomic mass is 10.1. The summed E-state index contributed by atoms with van der Waals surface area (Å²) >= 11 is 0. The molecule has 0 N–H and O–H groups in total. The van der Waals surface area contributed by atoms with Crippen molar-refractivity contribution in [3.63, 3.8) is 0 Å². The van der Waals surface area contributed by atoms with Crippen LogP contribution < -0.4 is 0 Å². The molecule has 0 spiro atoms. The van der Waals surface area contributed by atoms with E-state index in [1.165, 1.54) is 5.01 Å². The standard InChI is InChI=1S/C11H11F3N4O3/c12-11(13,14)8-1-2-9(10(7-8)18(19)20)15-16-17-3-5-21-6-4-17/h1-2,7H,3-6H2. The Morgan fingerprint density at radius 2 is 1.95 bits per heavy atom. The summed E-state index contributed by atoms with van der Waals surface area (Å²) < 4.78 is 42.7. The quantitative estimate of drug-likeness (QED) is 0.488. The van der Waals surface area contributed by atoms with Crippen molar-refractivity contribution < 1.29 is 22.8 Å². The number of benzene rings is 1. The normalized spacial score (nSPS) is 16.4. The number of ether oxygens (including phenoxy) is 1. The summed E-state index contributed by atoms with van der Waals surface area (Å²) in [7, 11) is 0. The Morgan fingerprint density at radius 3 is 2.52 bits per heavy atom. The van der Waals surface area contributed by atoms with Gasteiger partial charge in [-0.25, -0.2) is 0 Å². The topological polar surface area (TPSA) is 80.3 Å². The second-order valence-electron chi connectivity index (χ2n) is 4.21. The Kier molecular flexibility index (Phi) is 4.36. The lowest BCUT2D eigenvalue weighted by Gasteiger charge is -2.22. The van der Waals surface area contributed by atoms with Crippen LogP contribution in [0.2, 0.25) is 0 Å². The van der Waals surface area contributed by atoms with Crippen LogP contribution in [0.5, 0.6) is 0 Å². The summed E-state index contributed by atoms with van der Waals surface area (Å²) in [5.41, 5.74) is -2.05. The number of halogens is 3. The fourth-order valence-corrected chi connectivity index (χ4v) is 1.69. The minimum absolute atomic E-state index is 0.223. The highest BCUT2D eigenvalue weighted by Crippen LogP contribution is 2.36. The Balaban J connectivity index is 2.26. The third-order valence-corrected chi connectivity index (χ3v) is 2.77. The van der Waals surface area contributed by atoms with E-state index in [9.17, 15) is 23.3 Å². The zero-order valence-electron chi connectivity index (χ0n) is 10.7. The molecule has 0 unspecified atom stereocenters. The number of nitro benzene ring substituents is 1. The minimum Gasteiger partial charge on any atom is -0.378 e. The van der Waals surface area contributed by atoms with Crippen molar-refractivity contribution in [1.29, 1.82) is 0 Å². The fourth-order valence-electron chi connectivity index (χ4n) is 1.69. The average Bonchev–Trinajstić information content (AvgIpc) is 2.45. The molecule has 114 valence electrons. The van der Waals surface area contributed by atoms with E-state index in [0.29, 0.717) is 32.4 Å². The number of morpholine rings is 1. The van der Waals surface area contributed by atoms with Crippen LogP contribution >= 0.6 is 0 Å². The zero-order chi connectivity index (χ0) is 15.5. The number of alkyl halides is 3. The molecule has 0 atom stereocenters. The number of hydrogen-bond acceptors (Lipinski definition) is 5. The monoisotopic (exact) mass is 304 g/mol. The van der Waals surface area contributed by atoms with Crippen molar-refractivity contribution in [3.8, 4) is 0 Å². The minimum atomic E-state index is -4.65. The molecule has 7 nitrogen and oxygen atoms in total. The molecule has 0 amide bonds. The highest BCUT2D eigenvalue weighted by Gasteiger charge is 2.33. The van der Waals surface area contributed by atoms with Crippen LogP contribution in [-0.4, -0.2) is 36.2 Å². The molecule has 0 aromatic heterocycles. The van der Waals surface area contributed by atoms with Gasteiger partial charge in [0, 0.05) is 6.07 Å². The van der Waals surface area contributed by atoms with E-state index in [0.717, 1.165) is 12.1 Å². The molecule has 0 bridgehead atoms. The van der Waals surface area contributed by atoms with Gasteiger partial charge in [-0.05, 0) is 12.1 Å². The Labute approximate surface area is 117 Å². The van der Waals surface area contributed by atoms with Gasteiger partial charge in [0.2, 0.25) is 0 Å². The first-order valence-corrected chi connectivity index (χ1v) is 5.98. The van der Waals surface area contributed by atoms with Crippen molar-refractivity contribution in [2.75, 3.05) is 26.3 Å². The van der Waals surface area contributed by atoms with Crippen LogP contribution in [0.3, 0.4) is 0 Å². The van der Waals surface area contributed by atoms with Gasteiger partial charge in [-0.1, -0.05) is 5.22 Å². The summed E-state index contributed by atoms with van der Waals surface area (Å²) in [5, 5.41) is 19.8. The molecule has 1 fully saturated rings. The first-order chi connectivity index (χ1) is 9.88. The van der Waals surface area contributed by atoms with Crippen LogP contribution in [0.1, 0.15) is 5.56 Å². The van der Waals surface area contributed by atoms with Gasteiger partial charge in [-0.3, -0.25) is 15.1 Å². The van der Waals surface area contributed by atoms with E-state index in [2.05, 4.69) is 10.3 Å². The maximum atomic E-state index is 12.5. The Morgan fingerprint density at radius 1 is 1.29 bits per heavy atom. The summed E-state index contributed by atoms with van der Waals surface area (Å²) in [6, 6.07) is 2.12. The third-order valence-electron chi connectivity index (χ3n) is 2.77. The summed E-state index contributed by atoms with van der Waals surface area (Å²) in [4.78, 5) is 9.94. The van der Waals surface area contributed by atoms with E-state index < -0.39 is 22.4 Å². The molecule has 1 aromatic carbocycles. The molecule has 0 radical (unpaired) electrons. The SMILES string of the molecule is O=[N+]([O-])c1cc(C(F)(F)F)ccc1N=NN1CCOCC1. The van der Waals surface area contributed by atoms with Crippen LogP contribution in [0.15, 0.2) is 28.5 Å². The smallest absolute Gasteiger partial charge is 0.378 e. The molecule has 1 aliphatic heterocycles. The lowest BCUT2D eigenvalue weighted by molar-refractivity contribution is -0.384. The molecule has 2 rings (SSSR count). The van der Waals surface area contributed by atoms with Crippen molar-refractivity contribution >= 4 is 11.4 Å². The van der Waals surface area contributed by atoms with Crippen LogP contribution in [0, 0.1) is 10.1 Å². The maximum Gasteiger partial charge on any atom is 0.416 e. The van der Waals surface area contributed by atoms with Crippen molar-refractivity contribution in [2.24, 2.45) is 10.3 Å². The number of nitrogens with zero attached hydrogens (tertiary/aromatic N) is 4. The average molecular weight is 304 g/mol. The second-order valence-corrected chi connectivity index (χ2v) is 4.21. The first kappa shape index (κ1) is 15.2. The molecule has 0 saturated carbocycles. The molecule has 21 heavy (non-hydrogen) atoms. The zero-order valence-corrected chi connectivity index (χ0v) is 10.7. The van der Waals surface area contributed by atoms with Gasteiger partial charge in [0.05, 0.1) is 36.8 Å². The molecular formula is C11H11F3N4O3. The first-order valence-electron chi connectivity index (χ1n) is 5.98. The van der Waals surface area contributed by atoms with Gasteiger partial charge in [-0.2, -0.15) is 13.2 Å². The summed E-state index contributed by atoms with van der Waals surface area (Å²) in [6.07, 6.45) is -4.65. The lowest BCUT2D eigenvalue weighted by Crippen LogP contribution is -2.31. The molecule has 10 heteroatoms. The van der Waals surface area contributed by atoms with Gasteiger partial charge >= 0.3 is 6.18 Å². The van der Waals surface area contributed by atoms with Crippen LogP contribution in [-0.2, 0) is 10.9 Å². The van der Waals surface area contributed by atoms with Crippen molar-refractivity contribution in [1.82, 2.24) is 5.01 Å². The number of nitro groups is 1. The predicted octanol–water partition coefficient (Wildman–Crippen LogP) is 2.94. The van der Waals surface area contributed by atoms with Gasteiger partial charge in [0.1, 0.15) is 0 Å². The highest BCUT2D eigenvalue weighted by atomic mass is 19.4. The summed E-state index contributed by atoms with van der Waals surface area (Å²) in [6.45, 7) is 1.85. The molecule has 0 aliphatic carbocycles. The highest BCUT2D eigenvalue weighted by molar-refractivity contribution is 5.58. The molecule has 1 saturated heterocycles. The molecule has 1 heterocycles. The molecule has 1 aromatic rings. The van der Waals surface area contributed by atoms with Crippen LogP contribution in [0.4, 0.5) is 24.5 Å². The number of hydrogen-bond donors (Lipinski definition) is 0. The van der Waals surface area contributed by atoms with E-state index in [1.54, 1.807) is 0 Å². The largest absolute Gasteiger partial charge is 0.416 e. The Hall–Kier alpha value is -2.23. The van der Waals surface area contributed by atoms with E-state index in [1.807, 2.05) is 0 Å². The second kappa shape index (κ2) is 6.04. The maximum absolute atomic E-state index is 12.5. The van der Waals surface area contributed by atoms with Gasteiger partial charge < -0.3 is 4.74 Å². The fraction of sp³-hybridized carbons (Fsp3) is 0.455. The van der Waals surface area contributed by atoms with Gasteiger partial charge in [-0.15, -0.1) is 5.11 Å². The predicted molar refractivity (Wildman–Crippen MR) is 65.0 cm³/mol. The summed E-state index contributed by atoms with van der Waals surface area (Å²) in [5.74, 6) is 0. The number of rotatable bonds is 3. The Bertz CT molecular complexity index is 556. The molecule has 1 aliphatic rings. The van der Waals surface area contributed by atoms with Gasteiger partial charge in [0.25, 0.3) is 5.69 Å².